The molecule has 19 heavy (non-hydrogen) atoms. The van der Waals surface area contributed by atoms with Crippen molar-refractivity contribution >= 4 is 5.69 Å². The van der Waals surface area contributed by atoms with Gasteiger partial charge in [-0.25, -0.2) is 0 Å². The Kier molecular flexibility index (Phi) is 2.95. The van der Waals surface area contributed by atoms with Crippen LogP contribution in [0.15, 0.2) is 30.0 Å². The Morgan fingerprint density at radius 1 is 1.05 bits per heavy atom. The van der Waals surface area contributed by atoms with E-state index < -0.39 is 26.5 Å². The van der Waals surface area contributed by atoms with Crippen molar-refractivity contribution in [1.29, 1.82) is 0 Å². The van der Waals surface area contributed by atoms with Crippen LogP contribution in [0.4, 0.5) is 5.69 Å². The third-order valence-electron chi connectivity index (χ3n) is 2.87. The summed E-state index contributed by atoms with van der Waals surface area (Å²) in [6, 6.07) is 2.46. The van der Waals surface area contributed by atoms with Crippen LogP contribution in [0.3, 0.4) is 0 Å². The number of nitrogens with zero attached hydrogens (tertiary/aromatic N) is 3. The van der Waals surface area contributed by atoms with Crippen molar-refractivity contribution in [3.63, 3.8) is 0 Å². The maximum absolute atomic E-state index is 10.9. The fourth-order valence-corrected chi connectivity index (χ4v) is 2.04. The van der Waals surface area contributed by atoms with Gasteiger partial charge in [-0.3, -0.25) is 30.3 Å². The first kappa shape index (κ1) is 12.6. The molecule has 1 aromatic carbocycles. The van der Waals surface area contributed by atoms with E-state index in [1.165, 1.54) is 18.2 Å². The van der Waals surface area contributed by atoms with E-state index >= 15 is 0 Å². The van der Waals surface area contributed by atoms with Gasteiger partial charge in [-0.15, -0.1) is 0 Å². The molecule has 98 valence electrons. The molecule has 0 spiro atoms. The number of nitro groups is 3. The lowest BCUT2D eigenvalue weighted by atomic mass is 9.90. The van der Waals surface area contributed by atoms with Gasteiger partial charge in [0.2, 0.25) is 0 Å². The van der Waals surface area contributed by atoms with Crippen LogP contribution in [-0.2, 0) is 6.42 Å². The highest BCUT2D eigenvalue weighted by Gasteiger charge is 2.37. The topological polar surface area (TPSA) is 129 Å². The van der Waals surface area contributed by atoms with Crippen LogP contribution < -0.4 is 0 Å². The van der Waals surface area contributed by atoms with Crippen molar-refractivity contribution in [2.75, 3.05) is 0 Å². The summed E-state index contributed by atoms with van der Waals surface area (Å²) < 4.78 is 0. The lowest BCUT2D eigenvalue weighted by Gasteiger charge is -2.15. The predicted molar refractivity (Wildman–Crippen MR) is 61.6 cm³/mol. The molecule has 9 heteroatoms. The Morgan fingerprint density at radius 2 is 1.74 bits per heavy atom. The Morgan fingerprint density at radius 3 is 2.26 bits per heavy atom. The standard InChI is InChI=1S/C10H7N3O6/c14-11(15)6-4-8-7(10(5-6)13(18)19)2-1-3-9(8)12(16)17/h1-3,5,10H,4H2. The molecule has 0 saturated heterocycles. The van der Waals surface area contributed by atoms with Crippen molar-refractivity contribution in [2.24, 2.45) is 0 Å². The maximum atomic E-state index is 10.9. The molecule has 1 aliphatic carbocycles. The summed E-state index contributed by atoms with van der Waals surface area (Å²) in [7, 11) is 0. The molecule has 1 unspecified atom stereocenters. The first-order valence-corrected chi connectivity index (χ1v) is 5.16. The Hall–Kier alpha value is -2.84. The molecule has 2 rings (SSSR count). The normalized spacial score (nSPS) is 17.3. The SMILES string of the molecule is O=[N+]([O-])C1=CC([N+](=O)[O-])c2cccc([N+](=O)[O-])c2C1. The molecular weight excluding hydrogens is 258 g/mol. The van der Waals surface area contributed by atoms with Gasteiger partial charge in [0.15, 0.2) is 0 Å². The summed E-state index contributed by atoms with van der Waals surface area (Å²) in [5, 5.41) is 32.6. The molecule has 1 aliphatic rings. The molecule has 0 saturated carbocycles. The molecule has 1 aromatic rings. The van der Waals surface area contributed by atoms with Gasteiger partial charge in [0.05, 0.1) is 27.9 Å². The van der Waals surface area contributed by atoms with E-state index in [1.54, 1.807) is 0 Å². The van der Waals surface area contributed by atoms with Crippen LogP contribution >= 0.6 is 0 Å². The summed E-state index contributed by atoms with van der Waals surface area (Å²) in [5.41, 5.74) is -0.575. The highest BCUT2D eigenvalue weighted by atomic mass is 16.6. The van der Waals surface area contributed by atoms with Gasteiger partial charge in [-0.1, -0.05) is 12.1 Å². The third kappa shape index (κ3) is 2.12. The summed E-state index contributed by atoms with van der Waals surface area (Å²) in [6.45, 7) is 0. The number of hydrogen-bond donors (Lipinski definition) is 0. The highest BCUT2D eigenvalue weighted by Crippen LogP contribution is 2.35. The van der Waals surface area contributed by atoms with Gasteiger partial charge in [0.1, 0.15) is 0 Å². The monoisotopic (exact) mass is 265 g/mol. The van der Waals surface area contributed by atoms with E-state index in [-0.39, 0.29) is 23.2 Å². The predicted octanol–water partition coefficient (Wildman–Crippen LogP) is 1.63. The van der Waals surface area contributed by atoms with E-state index in [0.29, 0.717) is 0 Å². The zero-order chi connectivity index (χ0) is 14.2. The number of fused-ring (bicyclic) bond motifs is 1. The highest BCUT2D eigenvalue weighted by molar-refractivity contribution is 5.50. The van der Waals surface area contributed by atoms with Gasteiger partial charge in [0.25, 0.3) is 17.4 Å². The van der Waals surface area contributed by atoms with Gasteiger partial charge in [-0.05, 0) is 0 Å². The second-order valence-electron chi connectivity index (χ2n) is 3.92. The van der Waals surface area contributed by atoms with Gasteiger partial charge in [0, 0.05) is 16.6 Å². The van der Waals surface area contributed by atoms with Crippen LogP contribution in [0.1, 0.15) is 17.2 Å². The molecule has 9 nitrogen and oxygen atoms in total. The Labute approximate surface area is 105 Å². The van der Waals surface area contributed by atoms with E-state index in [9.17, 15) is 30.3 Å². The average Bonchev–Trinajstić information content (AvgIpc) is 2.36. The van der Waals surface area contributed by atoms with Crippen molar-refractivity contribution < 1.29 is 14.8 Å². The molecule has 0 bridgehead atoms. The maximum Gasteiger partial charge on any atom is 0.273 e. The van der Waals surface area contributed by atoms with Crippen LogP contribution in [0.25, 0.3) is 0 Å². The smallest absolute Gasteiger partial charge is 0.264 e. The minimum atomic E-state index is -1.43. The van der Waals surface area contributed by atoms with E-state index in [1.807, 2.05) is 0 Å². The van der Waals surface area contributed by atoms with Gasteiger partial charge < -0.3 is 0 Å². The molecule has 0 radical (unpaired) electrons. The fraction of sp³-hybridized carbons (Fsp3) is 0.200. The molecule has 1 atom stereocenters. The van der Waals surface area contributed by atoms with Crippen molar-refractivity contribution in [3.05, 3.63) is 71.4 Å². The van der Waals surface area contributed by atoms with Crippen LogP contribution in [0, 0.1) is 30.3 Å². The molecule has 0 heterocycles. The largest absolute Gasteiger partial charge is 0.273 e. The van der Waals surface area contributed by atoms with Crippen molar-refractivity contribution in [3.8, 4) is 0 Å². The zero-order valence-electron chi connectivity index (χ0n) is 9.38. The number of hydrogen-bond acceptors (Lipinski definition) is 6. The van der Waals surface area contributed by atoms with E-state index in [2.05, 4.69) is 0 Å². The second kappa shape index (κ2) is 4.44. The molecule has 0 N–H and O–H groups in total. The first-order valence-electron chi connectivity index (χ1n) is 5.16. The Bertz CT molecular complexity index is 624. The molecule has 0 amide bonds. The number of allylic oxidation sites excluding steroid dienone is 1. The zero-order valence-corrected chi connectivity index (χ0v) is 9.38. The third-order valence-corrected chi connectivity index (χ3v) is 2.87. The molecule has 0 fully saturated rings. The van der Waals surface area contributed by atoms with E-state index in [0.717, 1.165) is 6.08 Å². The second-order valence-corrected chi connectivity index (χ2v) is 3.92. The summed E-state index contributed by atoms with van der Waals surface area (Å²) >= 11 is 0. The first-order chi connectivity index (χ1) is 8.91. The van der Waals surface area contributed by atoms with Crippen molar-refractivity contribution in [1.82, 2.24) is 0 Å². The van der Waals surface area contributed by atoms with E-state index in [4.69, 9.17) is 0 Å². The summed E-state index contributed by atoms with van der Waals surface area (Å²) in [4.78, 5) is 30.4. The minimum Gasteiger partial charge on any atom is -0.264 e. The molecule has 0 aromatic heterocycles. The minimum absolute atomic E-state index is 0.0309. The van der Waals surface area contributed by atoms with Crippen LogP contribution in [0.2, 0.25) is 0 Å². The van der Waals surface area contributed by atoms with Crippen LogP contribution in [0.5, 0.6) is 0 Å². The average molecular weight is 265 g/mol. The summed E-state index contributed by atoms with van der Waals surface area (Å²) in [5.74, 6) is 0. The number of rotatable bonds is 3. The lowest BCUT2D eigenvalue weighted by Crippen LogP contribution is -2.19. The van der Waals surface area contributed by atoms with Gasteiger partial charge in [-0.2, -0.15) is 0 Å². The number of benzene rings is 1. The van der Waals surface area contributed by atoms with Crippen LogP contribution in [-0.4, -0.2) is 14.8 Å². The molecular formula is C10H7N3O6. The summed E-state index contributed by atoms with van der Waals surface area (Å²) in [6.07, 6.45) is 0.635. The molecule has 0 aliphatic heterocycles. The lowest BCUT2D eigenvalue weighted by molar-refractivity contribution is -0.519. The van der Waals surface area contributed by atoms with Gasteiger partial charge >= 0.3 is 0 Å². The quantitative estimate of drug-likeness (QED) is 0.603. The number of nitro benzene ring substituents is 1. The fourth-order valence-electron chi connectivity index (χ4n) is 2.04. The van der Waals surface area contributed by atoms with Crippen molar-refractivity contribution in [2.45, 2.75) is 12.5 Å². The Balaban J connectivity index is 2.64.